The number of nitrogen functional groups attached to an aromatic ring is 1. The van der Waals surface area contributed by atoms with Crippen molar-refractivity contribution >= 4 is 169 Å². The van der Waals surface area contributed by atoms with E-state index in [0.29, 0.717) is 71.6 Å². The Hall–Kier alpha value is -7.72. The van der Waals surface area contributed by atoms with Gasteiger partial charge in [0.15, 0.2) is 0 Å². The number of cyclic esters (lactones) is 4. The van der Waals surface area contributed by atoms with Gasteiger partial charge in [-0.3, -0.25) is 34.0 Å². The fourth-order valence-corrected chi connectivity index (χ4v) is 9.93. The van der Waals surface area contributed by atoms with Gasteiger partial charge in [-0.05, 0) is 202 Å². The number of hydrogen-bond donors (Lipinski definition) is 3. The first-order chi connectivity index (χ1) is 49.7. The summed E-state index contributed by atoms with van der Waals surface area (Å²) in [5.41, 5.74) is 19.5. The van der Waals surface area contributed by atoms with Gasteiger partial charge < -0.3 is 44.4 Å². The number of aliphatic hydroxyl groups excluding tert-OH is 2. The molecule has 0 saturated carbocycles. The molecule has 1 unspecified atom stereocenters. The Bertz CT molecular complexity index is 3840. The largest absolute Gasteiger partial charge is 0.463 e. The molecule has 5 atom stereocenters. The molecule has 105 heavy (non-hydrogen) atoms. The highest BCUT2D eigenvalue weighted by Crippen LogP contribution is 2.29. The van der Waals surface area contributed by atoms with Gasteiger partial charge in [-0.25, -0.2) is 48.6 Å². The maximum absolute atomic E-state index is 13.4. The van der Waals surface area contributed by atoms with Crippen molar-refractivity contribution in [3.8, 4) is 12.0 Å². The number of terminal acetylenes is 1. The number of benzene rings is 6. The van der Waals surface area contributed by atoms with Gasteiger partial charge in [-0.15, -0.1) is 12.0 Å². The third-order valence-corrected chi connectivity index (χ3v) is 18.6. The SMILES string of the molecule is C#C[Si](C)(C)C.CCCC(=O)OCC1CO1.CC[C@H]1CN(c2ccc(I)c(F)c2)C(=O)O1.Cc1cccc(F)c1.Nc1cccc(F)c1.O=C1CCC(=O)N1I.O=C1O[C@@H](CO)CN1c1ccc(I)c(F)c1.O=C1O[C@@H](CO)CN1c1cccc(F)c1.[N-]=[N+]=NC[C@H]1CN(c2ccc(I)c(F)c2)C(=O)O1. The van der Waals surface area contributed by atoms with Crippen LogP contribution in [0.1, 0.15) is 51.5 Å². The van der Waals surface area contributed by atoms with Crippen molar-refractivity contribution in [1.82, 2.24) is 3.11 Å². The van der Waals surface area contributed by atoms with E-state index in [2.05, 4.69) is 35.2 Å². The topological polar surface area (TPSA) is 310 Å². The number of carbonyl (C=O) groups is 7. The Morgan fingerprint density at radius 2 is 0.990 bits per heavy atom. The number of imide groups is 1. The van der Waals surface area contributed by atoms with Gasteiger partial charge in [0.25, 0.3) is 0 Å². The maximum atomic E-state index is 13.4. The predicted octanol–water partition coefficient (Wildman–Crippen LogP) is 15.4. The fraction of sp³-hybridized carbons (Fsp3) is 0.357. The molecule has 35 heteroatoms. The second kappa shape index (κ2) is 45.7. The first kappa shape index (κ1) is 89.7. The molecule has 0 aromatic heterocycles. The Balaban J connectivity index is 0.000000255. The monoisotopic (exact) mass is 1930 g/mol. The highest BCUT2D eigenvalue weighted by Gasteiger charge is 2.35. The minimum absolute atomic E-state index is 0.0735. The van der Waals surface area contributed by atoms with Crippen LogP contribution in [0.3, 0.4) is 0 Å². The van der Waals surface area contributed by atoms with Crippen molar-refractivity contribution in [1.29, 1.82) is 0 Å². The van der Waals surface area contributed by atoms with Crippen molar-refractivity contribution in [3.63, 3.8) is 0 Å². The summed E-state index contributed by atoms with van der Waals surface area (Å²) in [6.07, 6.45) is 4.53. The first-order valence-electron chi connectivity index (χ1n) is 32.0. The van der Waals surface area contributed by atoms with E-state index in [1.807, 2.05) is 94.6 Å². The smallest absolute Gasteiger partial charge is 0.414 e. The van der Waals surface area contributed by atoms with Crippen LogP contribution in [0, 0.1) is 64.5 Å². The van der Waals surface area contributed by atoms with Crippen LogP contribution < -0.4 is 25.3 Å². The second-order valence-electron chi connectivity index (χ2n) is 23.6. The summed E-state index contributed by atoms with van der Waals surface area (Å²) < 4.78 is 109. The van der Waals surface area contributed by atoms with E-state index in [1.165, 1.54) is 80.3 Å². The van der Waals surface area contributed by atoms with E-state index < -0.39 is 56.6 Å². The Morgan fingerprint density at radius 1 is 0.610 bits per heavy atom. The molecule has 24 nitrogen and oxygen atoms in total. The quantitative estimate of drug-likeness (QED) is 0.00772. The molecular formula is C70H77F6I4N9O15Si. The van der Waals surface area contributed by atoms with Crippen molar-refractivity contribution in [3.05, 3.63) is 189 Å². The van der Waals surface area contributed by atoms with Crippen molar-refractivity contribution in [2.24, 2.45) is 5.11 Å². The molecule has 0 radical (unpaired) electrons. The fourth-order valence-electron chi connectivity index (χ4n) is 8.45. The van der Waals surface area contributed by atoms with Gasteiger partial charge in [0.2, 0.25) is 11.8 Å². The summed E-state index contributed by atoms with van der Waals surface area (Å²) in [5.74, 6) is -2.20. The number of aryl methyl sites for hydroxylation is 1. The molecule has 6 aromatic carbocycles. The summed E-state index contributed by atoms with van der Waals surface area (Å²) in [5, 5.41) is 21.0. The van der Waals surface area contributed by atoms with Crippen LogP contribution in [0.15, 0.2) is 133 Å². The molecule has 4 N–H and O–H groups in total. The second-order valence-corrected chi connectivity index (χ2v) is 32.9. The first-order valence-corrected chi connectivity index (χ1v) is 39.7. The Kier molecular flexibility index (Phi) is 39.0. The maximum Gasteiger partial charge on any atom is 0.414 e. The van der Waals surface area contributed by atoms with E-state index in [9.17, 15) is 59.9 Å². The molecule has 6 aliphatic rings. The van der Waals surface area contributed by atoms with Crippen LogP contribution in [-0.4, -0.2) is 153 Å². The van der Waals surface area contributed by atoms with Crippen LogP contribution in [-0.2, 0) is 42.8 Å². The molecule has 6 fully saturated rings. The molecule has 0 bridgehead atoms. The molecule has 6 aromatic rings. The number of rotatable bonds is 13. The lowest BCUT2D eigenvalue weighted by atomic mass is 10.2. The zero-order valence-corrected chi connectivity index (χ0v) is 67.3. The van der Waals surface area contributed by atoms with E-state index in [-0.39, 0.29) is 98.5 Å². The number of esters is 1. The van der Waals surface area contributed by atoms with Crippen molar-refractivity contribution in [2.45, 2.75) is 103 Å². The summed E-state index contributed by atoms with van der Waals surface area (Å²) in [7, 11) is -1.10. The highest BCUT2D eigenvalue weighted by atomic mass is 127. The zero-order chi connectivity index (χ0) is 78.1. The van der Waals surface area contributed by atoms with Gasteiger partial charge in [-0.2, -0.15) is 0 Å². The summed E-state index contributed by atoms with van der Waals surface area (Å²) in [6.45, 7) is 14.3. The molecule has 6 amide bonds. The molecule has 6 aliphatic heterocycles. The molecular weight excluding hydrogens is 1860 g/mol. The van der Waals surface area contributed by atoms with E-state index in [1.54, 1.807) is 83.5 Å². The number of anilines is 5. The summed E-state index contributed by atoms with van der Waals surface area (Å²) >= 11 is 7.37. The third-order valence-electron chi connectivity index (χ3n) is 14.0. The van der Waals surface area contributed by atoms with Crippen LogP contribution in [0.25, 0.3) is 10.4 Å². The number of amides is 6. The number of hydrogen-bond acceptors (Lipinski definition) is 17. The van der Waals surface area contributed by atoms with Crippen LogP contribution >= 0.6 is 90.6 Å². The van der Waals surface area contributed by atoms with Crippen LogP contribution in [0.2, 0.25) is 19.6 Å². The van der Waals surface area contributed by atoms with Crippen molar-refractivity contribution in [2.75, 3.05) is 84.5 Å². The molecule has 6 heterocycles. The van der Waals surface area contributed by atoms with Crippen molar-refractivity contribution < 1.29 is 98.5 Å². The lowest BCUT2D eigenvalue weighted by molar-refractivity contribution is -0.144. The van der Waals surface area contributed by atoms with Gasteiger partial charge in [0.1, 0.15) is 80.1 Å². The predicted molar refractivity (Wildman–Crippen MR) is 418 cm³/mol. The Morgan fingerprint density at radius 3 is 1.29 bits per heavy atom. The minimum Gasteiger partial charge on any atom is -0.463 e. The summed E-state index contributed by atoms with van der Waals surface area (Å²) in [6, 6.07) is 31.8. The number of aliphatic hydroxyl groups is 2. The zero-order valence-electron chi connectivity index (χ0n) is 57.6. The number of ether oxygens (including phenoxy) is 6. The number of azide groups is 1. The number of carbonyl (C=O) groups excluding carboxylic acids is 7. The molecule has 566 valence electrons. The van der Waals surface area contributed by atoms with Crippen LogP contribution in [0.4, 0.5) is 74.0 Å². The van der Waals surface area contributed by atoms with Gasteiger partial charge in [-0.1, -0.05) is 62.9 Å². The van der Waals surface area contributed by atoms with Gasteiger partial charge >= 0.3 is 30.3 Å². The third kappa shape index (κ3) is 32.5. The van der Waals surface area contributed by atoms with E-state index in [0.717, 1.165) is 28.1 Å². The molecule has 12 rings (SSSR count). The standard InChI is InChI=1S/C11H11FINO2.C10H8FIN4O2.C10H9FINO3.C10H10FNO3.C7H7F.C7H12O3.C6H6FN.C5H10Si.C4H4INO2/c1-2-8-6-14(11(15)16-8)7-3-4-10(13)9(12)5-7;11-8-3-6(1-2-9(8)12)16-5-7(4-14-15-13)18-10(16)17;11-8-3-6(1-2-9(8)12)13-4-7(5-14)16-10(13)15;11-7-2-1-3-8(4-7)12-5-9(6-13)15-10(12)14;1-6-3-2-4-7(8)5-6;1-2-3-7(8)10-5-6-4-9-6;7-5-2-1-3-6(8)4-5;1-5-6(2,3)4;5-6-3(7)1-2-4(6)8/h3-5,8H,2,6H2,1H3;1-3,7H,4-5H2;1-3,7,14H,4-5H2;1-4,9,13H,5-6H2;2-5H,1H3;6H,2-5H2,1H3;1-4H,8H2;1H,2-4H3;1-2H2/t8-;2*7-;9-;;;;;/m0011...../s1. The normalized spacial score (nSPS) is 17.9. The number of epoxide rings is 1. The Labute approximate surface area is 659 Å². The van der Waals surface area contributed by atoms with Gasteiger partial charge in [0, 0.05) is 40.6 Å². The number of halogens is 10. The molecule has 0 spiro atoms. The average molecular weight is 1930 g/mol. The van der Waals surface area contributed by atoms with Gasteiger partial charge in [0.05, 0.1) is 98.2 Å². The minimum atomic E-state index is -1.10. The number of nitrogens with two attached hydrogens (primary N) is 1. The lowest BCUT2D eigenvalue weighted by Crippen LogP contribution is -2.25. The van der Waals surface area contributed by atoms with E-state index in [4.69, 9.17) is 56.3 Å². The highest BCUT2D eigenvalue weighted by molar-refractivity contribution is 14.1. The van der Waals surface area contributed by atoms with Crippen LogP contribution in [0.5, 0.6) is 0 Å². The molecule has 0 aliphatic carbocycles. The van der Waals surface area contributed by atoms with E-state index >= 15 is 0 Å². The molecule has 6 saturated heterocycles. The average Bonchev–Trinajstić information content (AvgIpc) is 1.73. The number of nitrogens with zero attached hydrogens (tertiary/aromatic N) is 8. The summed E-state index contributed by atoms with van der Waals surface area (Å²) in [4.78, 5) is 85.5. The lowest BCUT2D eigenvalue weighted by Gasteiger charge is -2.13.